The molecule has 0 radical (unpaired) electrons. The first kappa shape index (κ1) is 11.8. The van der Waals surface area contributed by atoms with E-state index in [1.165, 1.54) is 6.33 Å². The van der Waals surface area contributed by atoms with Crippen molar-refractivity contribution < 1.29 is 9.53 Å². The van der Waals surface area contributed by atoms with Crippen molar-refractivity contribution in [3.8, 4) is 5.82 Å². The van der Waals surface area contributed by atoms with Crippen molar-refractivity contribution in [2.24, 2.45) is 0 Å². The second-order valence-electron chi connectivity index (χ2n) is 4.24. The normalized spacial score (nSPS) is 18.4. The zero-order valence-corrected chi connectivity index (χ0v) is 10.2. The van der Waals surface area contributed by atoms with Crippen LogP contribution in [0.3, 0.4) is 0 Å². The Labute approximate surface area is 109 Å². The molecule has 7 heteroatoms. The van der Waals surface area contributed by atoms with E-state index in [0.29, 0.717) is 18.1 Å². The molecule has 19 heavy (non-hydrogen) atoms. The van der Waals surface area contributed by atoms with Gasteiger partial charge in [-0.3, -0.25) is 4.79 Å². The molecule has 1 N–H and O–H groups in total. The highest BCUT2D eigenvalue weighted by Crippen LogP contribution is 2.15. The molecule has 0 spiro atoms. The summed E-state index contributed by atoms with van der Waals surface area (Å²) in [5.74, 6) is 0.528. The minimum Gasteiger partial charge on any atom is -0.368 e. The lowest BCUT2D eigenvalue weighted by Crippen LogP contribution is -2.26. The van der Waals surface area contributed by atoms with Gasteiger partial charge in [-0.2, -0.15) is 5.10 Å². The van der Waals surface area contributed by atoms with Crippen LogP contribution in [-0.2, 0) is 9.53 Å². The standard InChI is InChI=1S/C12H13N5O2/c18-12(10-2-1-5-19-10)16-9-3-4-11(14-6-9)17-8-13-7-15-17/h3-4,6-8,10H,1-2,5H2,(H,16,18)/t10-/m0/s1. The van der Waals surface area contributed by atoms with Crippen molar-refractivity contribution in [1.29, 1.82) is 0 Å². The Bertz CT molecular complexity index is 546. The number of nitrogens with zero attached hydrogens (tertiary/aromatic N) is 4. The van der Waals surface area contributed by atoms with Crippen molar-refractivity contribution >= 4 is 11.6 Å². The van der Waals surface area contributed by atoms with Gasteiger partial charge in [0.2, 0.25) is 0 Å². The molecule has 1 aliphatic rings. The van der Waals surface area contributed by atoms with Gasteiger partial charge in [0, 0.05) is 6.61 Å². The molecule has 0 saturated carbocycles. The number of hydrogen-bond acceptors (Lipinski definition) is 5. The van der Waals surface area contributed by atoms with Crippen LogP contribution in [0, 0.1) is 0 Å². The summed E-state index contributed by atoms with van der Waals surface area (Å²) in [6.07, 6.45) is 5.96. The molecule has 1 fully saturated rings. The van der Waals surface area contributed by atoms with Gasteiger partial charge in [0.05, 0.1) is 11.9 Å². The smallest absolute Gasteiger partial charge is 0.253 e. The molecule has 3 heterocycles. The molecule has 0 bridgehead atoms. The van der Waals surface area contributed by atoms with Gasteiger partial charge < -0.3 is 10.1 Å². The van der Waals surface area contributed by atoms with Crippen LogP contribution < -0.4 is 5.32 Å². The summed E-state index contributed by atoms with van der Waals surface area (Å²) >= 11 is 0. The van der Waals surface area contributed by atoms with E-state index in [9.17, 15) is 4.79 Å². The van der Waals surface area contributed by atoms with E-state index in [0.717, 1.165) is 12.8 Å². The SMILES string of the molecule is O=C(Nc1ccc(-n2cncn2)nc1)[C@@H]1CCCO1. The maximum atomic E-state index is 11.8. The average molecular weight is 259 g/mol. The summed E-state index contributed by atoms with van der Waals surface area (Å²) in [5.41, 5.74) is 0.643. The monoisotopic (exact) mass is 259 g/mol. The number of ether oxygens (including phenoxy) is 1. The Morgan fingerprint density at radius 3 is 3.05 bits per heavy atom. The summed E-state index contributed by atoms with van der Waals surface area (Å²) in [4.78, 5) is 19.9. The number of rotatable bonds is 3. The van der Waals surface area contributed by atoms with Crippen LogP contribution in [0.4, 0.5) is 5.69 Å². The van der Waals surface area contributed by atoms with Crippen LogP contribution >= 0.6 is 0 Å². The molecule has 0 unspecified atom stereocenters. The zero-order valence-electron chi connectivity index (χ0n) is 10.2. The lowest BCUT2D eigenvalue weighted by atomic mass is 10.2. The molecule has 98 valence electrons. The lowest BCUT2D eigenvalue weighted by Gasteiger charge is -2.10. The van der Waals surface area contributed by atoms with E-state index in [1.54, 1.807) is 29.3 Å². The number of nitrogens with one attached hydrogen (secondary N) is 1. The minimum absolute atomic E-state index is 0.118. The largest absolute Gasteiger partial charge is 0.368 e. The minimum atomic E-state index is -0.338. The van der Waals surface area contributed by atoms with Gasteiger partial charge >= 0.3 is 0 Å². The molecule has 1 amide bonds. The predicted octanol–water partition coefficient (Wildman–Crippen LogP) is 0.780. The number of aromatic nitrogens is 4. The average Bonchev–Trinajstić information content (AvgIpc) is 3.13. The number of carbonyl (C=O) groups excluding carboxylic acids is 1. The fourth-order valence-electron chi connectivity index (χ4n) is 1.93. The summed E-state index contributed by atoms with van der Waals surface area (Å²) in [7, 11) is 0. The highest BCUT2D eigenvalue weighted by molar-refractivity contribution is 5.94. The van der Waals surface area contributed by atoms with Gasteiger partial charge in [-0.15, -0.1) is 0 Å². The number of hydrogen-bond donors (Lipinski definition) is 1. The summed E-state index contributed by atoms with van der Waals surface area (Å²) in [6.45, 7) is 0.654. The molecule has 1 atom stereocenters. The molecule has 2 aromatic heterocycles. The Kier molecular flexibility index (Phi) is 3.20. The van der Waals surface area contributed by atoms with E-state index in [2.05, 4.69) is 20.4 Å². The van der Waals surface area contributed by atoms with Gasteiger partial charge in [0.1, 0.15) is 18.8 Å². The van der Waals surface area contributed by atoms with E-state index in [1.807, 2.05) is 0 Å². The van der Waals surface area contributed by atoms with Gasteiger partial charge in [0.25, 0.3) is 5.91 Å². The second kappa shape index (κ2) is 5.15. The lowest BCUT2D eigenvalue weighted by molar-refractivity contribution is -0.124. The molecule has 0 aromatic carbocycles. The molecular weight excluding hydrogens is 246 g/mol. The van der Waals surface area contributed by atoms with Crippen molar-refractivity contribution in [3.05, 3.63) is 31.0 Å². The van der Waals surface area contributed by atoms with Crippen LogP contribution in [0.2, 0.25) is 0 Å². The van der Waals surface area contributed by atoms with Crippen LogP contribution in [-0.4, -0.2) is 38.4 Å². The van der Waals surface area contributed by atoms with Crippen LogP contribution in [0.25, 0.3) is 5.82 Å². The van der Waals surface area contributed by atoms with Crippen LogP contribution in [0.15, 0.2) is 31.0 Å². The van der Waals surface area contributed by atoms with Gasteiger partial charge in [-0.1, -0.05) is 0 Å². The number of carbonyl (C=O) groups is 1. The summed E-state index contributed by atoms with van der Waals surface area (Å²) < 4.78 is 6.86. The maximum absolute atomic E-state index is 11.8. The third-order valence-electron chi connectivity index (χ3n) is 2.89. The molecular formula is C12H13N5O2. The zero-order chi connectivity index (χ0) is 13.1. The van der Waals surface area contributed by atoms with Gasteiger partial charge in [0.15, 0.2) is 5.82 Å². The Morgan fingerprint density at radius 1 is 1.47 bits per heavy atom. The van der Waals surface area contributed by atoms with Crippen LogP contribution in [0.5, 0.6) is 0 Å². The first-order valence-electron chi connectivity index (χ1n) is 6.06. The topological polar surface area (TPSA) is 81.9 Å². The third kappa shape index (κ3) is 2.60. The van der Waals surface area contributed by atoms with Crippen molar-refractivity contribution in [2.75, 3.05) is 11.9 Å². The highest BCUT2D eigenvalue weighted by Gasteiger charge is 2.23. The summed E-state index contributed by atoms with van der Waals surface area (Å²) in [6, 6.07) is 3.54. The molecule has 1 saturated heterocycles. The van der Waals surface area contributed by atoms with Gasteiger partial charge in [-0.05, 0) is 25.0 Å². The van der Waals surface area contributed by atoms with E-state index < -0.39 is 0 Å². The van der Waals surface area contributed by atoms with E-state index >= 15 is 0 Å². The first-order chi connectivity index (χ1) is 9.33. The Morgan fingerprint density at radius 2 is 2.42 bits per heavy atom. The Hall–Kier alpha value is -2.28. The molecule has 0 aliphatic carbocycles. The highest BCUT2D eigenvalue weighted by atomic mass is 16.5. The number of anilines is 1. The molecule has 3 rings (SSSR count). The molecule has 7 nitrogen and oxygen atoms in total. The van der Waals surface area contributed by atoms with E-state index in [-0.39, 0.29) is 12.0 Å². The van der Waals surface area contributed by atoms with Gasteiger partial charge in [-0.25, -0.2) is 14.6 Å². The van der Waals surface area contributed by atoms with Crippen molar-refractivity contribution in [2.45, 2.75) is 18.9 Å². The van der Waals surface area contributed by atoms with Crippen LogP contribution in [0.1, 0.15) is 12.8 Å². The molecule has 2 aromatic rings. The second-order valence-corrected chi connectivity index (χ2v) is 4.24. The fourth-order valence-corrected chi connectivity index (χ4v) is 1.93. The molecule has 1 aliphatic heterocycles. The maximum Gasteiger partial charge on any atom is 0.253 e. The van der Waals surface area contributed by atoms with E-state index in [4.69, 9.17) is 4.74 Å². The number of amides is 1. The van der Waals surface area contributed by atoms with Crippen molar-refractivity contribution in [1.82, 2.24) is 19.7 Å². The fraction of sp³-hybridized carbons (Fsp3) is 0.333. The van der Waals surface area contributed by atoms with Crippen molar-refractivity contribution in [3.63, 3.8) is 0 Å². The predicted molar refractivity (Wildman–Crippen MR) is 66.8 cm³/mol. The first-order valence-corrected chi connectivity index (χ1v) is 6.06. The third-order valence-corrected chi connectivity index (χ3v) is 2.89. The quantitative estimate of drug-likeness (QED) is 0.880. The Balaban J connectivity index is 1.67. The summed E-state index contributed by atoms with van der Waals surface area (Å²) in [5, 5.41) is 6.76. The number of pyridine rings is 1.